The van der Waals surface area contributed by atoms with Gasteiger partial charge in [-0.25, -0.2) is 12.8 Å². The summed E-state index contributed by atoms with van der Waals surface area (Å²) in [7, 11) is -3.66. The molecule has 0 unspecified atom stereocenters. The van der Waals surface area contributed by atoms with Gasteiger partial charge in [-0.2, -0.15) is 4.31 Å². The van der Waals surface area contributed by atoms with Crippen LogP contribution in [-0.2, 0) is 16.6 Å². The van der Waals surface area contributed by atoms with Crippen LogP contribution in [0.1, 0.15) is 5.56 Å². The Labute approximate surface area is 122 Å². The highest BCUT2D eigenvalue weighted by atomic mass is 32.2. The molecule has 0 radical (unpaired) electrons. The van der Waals surface area contributed by atoms with E-state index in [0.29, 0.717) is 5.75 Å². The normalized spacial score (nSPS) is 15.9. The average Bonchev–Trinajstić information content (AvgIpc) is 2.70. The fourth-order valence-corrected chi connectivity index (χ4v) is 3.66. The number of benzene rings is 2. The molecule has 2 aromatic rings. The van der Waals surface area contributed by atoms with E-state index in [1.807, 2.05) is 24.3 Å². The molecule has 0 fully saturated rings. The molecular formula is C15H14FNO3S. The minimum atomic E-state index is -3.66. The third-order valence-corrected chi connectivity index (χ3v) is 5.23. The van der Waals surface area contributed by atoms with E-state index in [1.54, 1.807) is 0 Å². The highest BCUT2D eigenvalue weighted by Gasteiger charge is 2.27. The van der Waals surface area contributed by atoms with Crippen molar-refractivity contribution in [3.8, 4) is 5.75 Å². The summed E-state index contributed by atoms with van der Waals surface area (Å²) < 4.78 is 45.1. The molecule has 2 aromatic carbocycles. The van der Waals surface area contributed by atoms with Gasteiger partial charge in [0.1, 0.15) is 18.2 Å². The lowest BCUT2D eigenvalue weighted by molar-refractivity contribution is 0.293. The zero-order valence-electron chi connectivity index (χ0n) is 11.2. The first-order chi connectivity index (χ1) is 10.1. The van der Waals surface area contributed by atoms with Gasteiger partial charge in [0.15, 0.2) is 0 Å². The maximum absolute atomic E-state index is 13.0. The van der Waals surface area contributed by atoms with Crippen molar-refractivity contribution in [1.82, 2.24) is 4.31 Å². The van der Waals surface area contributed by atoms with Crippen molar-refractivity contribution in [2.45, 2.75) is 11.4 Å². The van der Waals surface area contributed by atoms with Gasteiger partial charge in [-0.3, -0.25) is 0 Å². The summed E-state index contributed by atoms with van der Waals surface area (Å²) >= 11 is 0. The minimum absolute atomic E-state index is 0.0864. The summed E-state index contributed by atoms with van der Waals surface area (Å²) in [5.74, 6) is 0.243. The molecule has 0 saturated heterocycles. The van der Waals surface area contributed by atoms with Crippen LogP contribution < -0.4 is 4.74 Å². The van der Waals surface area contributed by atoms with Gasteiger partial charge in [0, 0.05) is 18.7 Å². The van der Waals surface area contributed by atoms with Crippen molar-refractivity contribution < 1.29 is 17.5 Å². The zero-order valence-corrected chi connectivity index (χ0v) is 12.0. The highest BCUT2D eigenvalue weighted by Crippen LogP contribution is 2.26. The zero-order chi connectivity index (χ0) is 14.9. The van der Waals surface area contributed by atoms with E-state index in [0.717, 1.165) is 17.7 Å². The van der Waals surface area contributed by atoms with Crippen molar-refractivity contribution in [3.05, 3.63) is 59.9 Å². The molecule has 0 bridgehead atoms. The van der Waals surface area contributed by atoms with Gasteiger partial charge in [0.25, 0.3) is 0 Å². The van der Waals surface area contributed by atoms with E-state index in [-0.39, 0.29) is 24.6 Å². The quantitative estimate of drug-likeness (QED) is 0.856. The van der Waals surface area contributed by atoms with E-state index in [1.165, 1.54) is 16.4 Å². The highest BCUT2D eigenvalue weighted by molar-refractivity contribution is 7.89. The van der Waals surface area contributed by atoms with Crippen LogP contribution in [0.4, 0.5) is 4.39 Å². The number of halogens is 1. The van der Waals surface area contributed by atoms with Crippen molar-refractivity contribution in [1.29, 1.82) is 0 Å². The van der Waals surface area contributed by atoms with Crippen LogP contribution >= 0.6 is 0 Å². The van der Waals surface area contributed by atoms with Crippen LogP contribution in [0.2, 0.25) is 0 Å². The van der Waals surface area contributed by atoms with Crippen LogP contribution in [-0.4, -0.2) is 25.9 Å². The van der Waals surface area contributed by atoms with E-state index < -0.39 is 15.8 Å². The Kier molecular flexibility index (Phi) is 3.65. The van der Waals surface area contributed by atoms with Gasteiger partial charge in [0.2, 0.25) is 10.0 Å². The number of nitrogens with zero attached hydrogens (tertiary/aromatic N) is 1. The van der Waals surface area contributed by atoms with E-state index in [9.17, 15) is 12.8 Å². The first-order valence-corrected chi connectivity index (χ1v) is 7.98. The second kappa shape index (κ2) is 5.46. The van der Waals surface area contributed by atoms with Gasteiger partial charge in [-0.05, 0) is 30.3 Å². The Balaban J connectivity index is 1.94. The standard InChI is InChI=1S/C15H14FNO3S/c16-13-5-7-14(8-6-13)21(18,19)17-9-10-20-15-4-2-1-3-12(15)11-17/h1-8H,9-11H2. The van der Waals surface area contributed by atoms with Crippen LogP contribution in [0, 0.1) is 5.82 Å². The Morgan fingerprint density at radius 2 is 1.76 bits per heavy atom. The first-order valence-electron chi connectivity index (χ1n) is 6.54. The largest absolute Gasteiger partial charge is 0.492 e. The molecule has 110 valence electrons. The number of hydrogen-bond acceptors (Lipinski definition) is 3. The fourth-order valence-electron chi connectivity index (χ4n) is 2.26. The van der Waals surface area contributed by atoms with E-state index in [4.69, 9.17) is 4.74 Å². The second-order valence-corrected chi connectivity index (χ2v) is 6.69. The second-order valence-electron chi connectivity index (χ2n) is 4.75. The Hall–Kier alpha value is -1.92. The number of ether oxygens (including phenoxy) is 1. The number of para-hydroxylation sites is 1. The Bertz CT molecular complexity index is 744. The number of sulfonamides is 1. The van der Waals surface area contributed by atoms with Gasteiger partial charge in [0.05, 0.1) is 4.90 Å². The maximum atomic E-state index is 13.0. The van der Waals surface area contributed by atoms with E-state index >= 15 is 0 Å². The summed E-state index contributed by atoms with van der Waals surface area (Å²) in [6.07, 6.45) is 0. The Morgan fingerprint density at radius 3 is 2.52 bits per heavy atom. The molecule has 0 amide bonds. The van der Waals surface area contributed by atoms with Crippen molar-refractivity contribution >= 4 is 10.0 Å². The van der Waals surface area contributed by atoms with Crippen LogP contribution in [0.25, 0.3) is 0 Å². The smallest absolute Gasteiger partial charge is 0.243 e. The molecule has 0 saturated carbocycles. The molecule has 21 heavy (non-hydrogen) atoms. The minimum Gasteiger partial charge on any atom is -0.492 e. The molecule has 0 spiro atoms. The summed E-state index contributed by atoms with van der Waals surface area (Å²) in [4.78, 5) is 0.0864. The lowest BCUT2D eigenvalue weighted by atomic mass is 10.2. The molecule has 1 aliphatic heterocycles. The summed E-state index contributed by atoms with van der Waals surface area (Å²) in [6.45, 7) is 0.793. The molecular weight excluding hydrogens is 293 g/mol. The summed E-state index contributed by atoms with van der Waals surface area (Å²) in [5.41, 5.74) is 0.820. The monoisotopic (exact) mass is 307 g/mol. The third kappa shape index (κ3) is 2.77. The molecule has 0 aliphatic carbocycles. The van der Waals surface area contributed by atoms with Gasteiger partial charge >= 0.3 is 0 Å². The SMILES string of the molecule is O=S(=O)(c1ccc(F)cc1)N1CCOc2ccccc2C1. The Morgan fingerprint density at radius 1 is 1.05 bits per heavy atom. The van der Waals surface area contributed by atoms with Gasteiger partial charge in [-0.15, -0.1) is 0 Å². The number of hydrogen-bond donors (Lipinski definition) is 0. The number of rotatable bonds is 2. The molecule has 3 rings (SSSR count). The first kappa shape index (κ1) is 14.0. The lowest BCUT2D eigenvalue weighted by Crippen LogP contribution is -2.32. The molecule has 1 heterocycles. The predicted molar refractivity (Wildman–Crippen MR) is 75.9 cm³/mol. The molecule has 4 nitrogen and oxygen atoms in total. The van der Waals surface area contributed by atoms with Crippen LogP contribution in [0.5, 0.6) is 5.75 Å². The predicted octanol–water partition coefficient (Wildman–Crippen LogP) is 2.41. The molecule has 0 aromatic heterocycles. The molecule has 1 aliphatic rings. The van der Waals surface area contributed by atoms with Crippen molar-refractivity contribution in [2.24, 2.45) is 0 Å². The van der Waals surface area contributed by atoms with Gasteiger partial charge < -0.3 is 4.74 Å². The van der Waals surface area contributed by atoms with Crippen LogP contribution in [0.15, 0.2) is 53.4 Å². The lowest BCUT2D eigenvalue weighted by Gasteiger charge is -2.19. The number of fused-ring (bicyclic) bond motifs is 1. The fraction of sp³-hybridized carbons (Fsp3) is 0.200. The summed E-state index contributed by atoms with van der Waals surface area (Å²) in [5, 5.41) is 0. The maximum Gasteiger partial charge on any atom is 0.243 e. The van der Waals surface area contributed by atoms with Crippen LogP contribution in [0.3, 0.4) is 0 Å². The third-order valence-electron chi connectivity index (χ3n) is 3.37. The molecule has 0 N–H and O–H groups in total. The van der Waals surface area contributed by atoms with Gasteiger partial charge in [-0.1, -0.05) is 18.2 Å². The average molecular weight is 307 g/mol. The van der Waals surface area contributed by atoms with E-state index in [2.05, 4.69) is 0 Å². The van der Waals surface area contributed by atoms with Crippen molar-refractivity contribution in [3.63, 3.8) is 0 Å². The molecule has 0 atom stereocenters. The topological polar surface area (TPSA) is 46.6 Å². The summed E-state index contributed by atoms with van der Waals surface area (Å²) in [6, 6.07) is 12.2. The molecule has 6 heteroatoms. The van der Waals surface area contributed by atoms with Crippen molar-refractivity contribution in [2.75, 3.05) is 13.2 Å².